The van der Waals surface area contributed by atoms with Crippen LogP contribution in [0.4, 0.5) is 0 Å². The van der Waals surface area contributed by atoms with Crippen molar-refractivity contribution in [2.45, 2.75) is 51.7 Å². The number of hydrogen-bond donors (Lipinski definition) is 2. The maximum atomic E-state index is 12.2. The summed E-state index contributed by atoms with van der Waals surface area (Å²) in [6, 6.07) is 10.5. The molecule has 1 unspecified atom stereocenters. The van der Waals surface area contributed by atoms with Crippen molar-refractivity contribution in [3.63, 3.8) is 0 Å². The SMILES string of the molecule is CCCNC1CCCc2cn(CC(=O)NCc3ccccc3)cc21. The van der Waals surface area contributed by atoms with Gasteiger partial charge in [0.1, 0.15) is 6.54 Å². The molecule has 1 atom stereocenters. The van der Waals surface area contributed by atoms with Crippen LogP contribution < -0.4 is 10.6 Å². The average molecular weight is 325 g/mol. The number of aryl methyl sites for hydroxylation is 1. The van der Waals surface area contributed by atoms with E-state index in [0.29, 0.717) is 19.1 Å². The second-order valence-corrected chi connectivity index (χ2v) is 6.57. The smallest absolute Gasteiger partial charge is 0.240 e. The van der Waals surface area contributed by atoms with E-state index in [2.05, 4.69) is 30.0 Å². The molecule has 24 heavy (non-hydrogen) atoms. The molecular formula is C20H27N3O. The quantitative estimate of drug-likeness (QED) is 0.821. The van der Waals surface area contributed by atoms with E-state index in [1.165, 1.54) is 24.0 Å². The summed E-state index contributed by atoms with van der Waals surface area (Å²) >= 11 is 0. The Labute approximate surface area is 144 Å². The van der Waals surface area contributed by atoms with Gasteiger partial charge in [-0.2, -0.15) is 0 Å². The average Bonchev–Trinajstić information content (AvgIpc) is 3.02. The molecule has 0 saturated carbocycles. The molecule has 4 nitrogen and oxygen atoms in total. The monoisotopic (exact) mass is 325 g/mol. The zero-order valence-corrected chi connectivity index (χ0v) is 14.4. The van der Waals surface area contributed by atoms with Gasteiger partial charge in [-0.05, 0) is 48.9 Å². The summed E-state index contributed by atoms with van der Waals surface area (Å²) in [7, 11) is 0. The van der Waals surface area contributed by atoms with Gasteiger partial charge in [-0.25, -0.2) is 0 Å². The summed E-state index contributed by atoms with van der Waals surface area (Å²) in [4.78, 5) is 12.2. The summed E-state index contributed by atoms with van der Waals surface area (Å²) in [5.41, 5.74) is 3.90. The minimum atomic E-state index is 0.0595. The minimum Gasteiger partial charge on any atom is -0.350 e. The van der Waals surface area contributed by atoms with E-state index in [9.17, 15) is 4.79 Å². The van der Waals surface area contributed by atoms with E-state index >= 15 is 0 Å². The molecule has 1 aliphatic carbocycles. The van der Waals surface area contributed by atoms with Crippen LogP contribution in [0.15, 0.2) is 42.7 Å². The van der Waals surface area contributed by atoms with Crippen LogP contribution in [0.5, 0.6) is 0 Å². The Hall–Kier alpha value is -2.07. The molecule has 0 aliphatic heterocycles. The van der Waals surface area contributed by atoms with E-state index in [-0.39, 0.29) is 5.91 Å². The Kier molecular flexibility index (Phi) is 5.70. The number of rotatable bonds is 7. The molecule has 1 amide bonds. The molecule has 0 fully saturated rings. The third kappa shape index (κ3) is 4.26. The molecule has 1 aliphatic rings. The molecule has 0 saturated heterocycles. The number of carbonyl (C=O) groups is 1. The Morgan fingerprint density at radius 2 is 2.08 bits per heavy atom. The number of nitrogens with zero attached hydrogens (tertiary/aromatic N) is 1. The summed E-state index contributed by atoms with van der Waals surface area (Å²) < 4.78 is 2.04. The Morgan fingerprint density at radius 3 is 2.88 bits per heavy atom. The van der Waals surface area contributed by atoms with Crippen LogP contribution >= 0.6 is 0 Å². The summed E-state index contributed by atoms with van der Waals surface area (Å²) in [5.74, 6) is 0.0595. The Balaban J connectivity index is 1.57. The van der Waals surface area contributed by atoms with Gasteiger partial charge < -0.3 is 15.2 Å². The maximum Gasteiger partial charge on any atom is 0.240 e. The first-order valence-electron chi connectivity index (χ1n) is 8.99. The van der Waals surface area contributed by atoms with Gasteiger partial charge in [0.2, 0.25) is 5.91 Å². The lowest BCUT2D eigenvalue weighted by atomic mass is 9.91. The lowest BCUT2D eigenvalue weighted by Gasteiger charge is -2.23. The third-order valence-electron chi connectivity index (χ3n) is 4.61. The highest BCUT2D eigenvalue weighted by atomic mass is 16.1. The topological polar surface area (TPSA) is 46.1 Å². The molecular weight excluding hydrogens is 298 g/mol. The van der Waals surface area contributed by atoms with E-state index in [4.69, 9.17) is 0 Å². The van der Waals surface area contributed by atoms with Crippen molar-refractivity contribution in [1.82, 2.24) is 15.2 Å². The van der Waals surface area contributed by atoms with Crippen molar-refractivity contribution in [3.05, 3.63) is 59.4 Å². The van der Waals surface area contributed by atoms with Crippen LogP contribution in [0.3, 0.4) is 0 Å². The molecule has 1 aromatic heterocycles. The second kappa shape index (κ2) is 8.15. The van der Waals surface area contributed by atoms with Crippen molar-refractivity contribution in [2.75, 3.05) is 6.54 Å². The number of benzene rings is 1. The predicted octanol–water partition coefficient (Wildman–Crippen LogP) is 3.18. The lowest BCUT2D eigenvalue weighted by Crippen LogP contribution is -2.26. The third-order valence-corrected chi connectivity index (χ3v) is 4.61. The van der Waals surface area contributed by atoms with Crippen LogP contribution in [0.1, 0.15) is 48.9 Å². The minimum absolute atomic E-state index is 0.0595. The van der Waals surface area contributed by atoms with Crippen LogP contribution in [-0.2, 0) is 24.3 Å². The number of aromatic nitrogens is 1. The number of fused-ring (bicyclic) bond motifs is 1. The van der Waals surface area contributed by atoms with Gasteiger partial charge in [0.25, 0.3) is 0 Å². The first-order valence-corrected chi connectivity index (χ1v) is 8.99. The number of hydrogen-bond acceptors (Lipinski definition) is 2. The molecule has 2 aromatic rings. The molecule has 0 bridgehead atoms. The van der Waals surface area contributed by atoms with Gasteiger partial charge in [0.15, 0.2) is 0 Å². The lowest BCUT2D eigenvalue weighted by molar-refractivity contribution is -0.121. The predicted molar refractivity (Wildman–Crippen MR) is 96.7 cm³/mol. The van der Waals surface area contributed by atoms with Crippen LogP contribution in [0, 0.1) is 0 Å². The van der Waals surface area contributed by atoms with Gasteiger partial charge >= 0.3 is 0 Å². The maximum absolute atomic E-state index is 12.2. The Bertz CT molecular complexity index is 663. The first-order chi connectivity index (χ1) is 11.8. The highest BCUT2D eigenvalue weighted by Gasteiger charge is 2.21. The Morgan fingerprint density at radius 1 is 1.25 bits per heavy atom. The molecule has 3 rings (SSSR count). The fraction of sp³-hybridized carbons (Fsp3) is 0.450. The van der Waals surface area contributed by atoms with Gasteiger partial charge in [-0.1, -0.05) is 37.3 Å². The molecule has 1 heterocycles. The standard InChI is InChI=1S/C20H27N3O/c1-2-11-21-19-10-6-9-17-13-23(14-18(17)19)15-20(24)22-12-16-7-4-3-5-8-16/h3-5,7-8,13-14,19,21H,2,6,9-12,15H2,1H3,(H,22,24). The summed E-state index contributed by atoms with van der Waals surface area (Å²) in [6.45, 7) is 4.22. The normalized spacial score (nSPS) is 16.6. The highest BCUT2D eigenvalue weighted by Crippen LogP contribution is 2.30. The van der Waals surface area contributed by atoms with Gasteiger partial charge in [-0.3, -0.25) is 4.79 Å². The van der Waals surface area contributed by atoms with E-state index in [1.54, 1.807) is 0 Å². The van der Waals surface area contributed by atoms with E-state index in [1.807, 2.05) is 34.9 Å². The number of amides is 1. The number of carbonyl (C=O) groups excluding carboxylic acids is 1. The fourth-order valence-corrected chi connectivity index (χ4v) is 3.39. The second-order valence-electron chi connectivity index (χ2n) is 6.57. The van der Waals surface area contributed by atoms with Crippen molar-refractivity contribution in [1.29, 1.82) is 0 Å². The van der Waals surface area contributed by atoms with Gasteiger partial charge in [0.05, 0.1) is 0 Å². The zero-order valence-electron chi connectivity index (χ0n) is 14.4. The van der Waals surface area contributed by atoms with E-state index < -0.39 is 0 Å². The van der Waals surface area contributed by atoms with Crippen molar-refractivity contribution in [2.24, 2.45) is 0 Å². The van der Waals surface area contributed by atoms with E-state index in [0.717, 1.165) is 24.9 Å². The summed E-state index contributed by atoms with van der Waals surface area (Å²) in [5, 5.41) is 6.62. The van der Waals surface area contributed by atoms with Crippen LogP contribution in [0.2, 0.25) is 0 Å². The molecule has 1 aromatic carbocycles. The van der Waals surface area contributed by atoms with Crippen LogP contribution in [-0.4, -0.2) is 17.0 Å². The molecule has 2 N–H and O–H groups in total. The first kappa shape index (κ1) is 16.8. The van der Waals surface area contributed by atoms with Crippen LogP contribution in [0.25, 0.3) is 0 Å². The largest absolute Gasteiger partial charge is 0.350 e. The van der Waals surface area contributed by atoms with Crippen molar-refractivity contribution in [3.8, 4) is 0 Å². The van der Waals surface area contributed by atoms with Gasteiger partial charge in [0, 0.05) is 25.0 Å². The summed E-state index contributed by atoms with van der Waals surface area (Å²) in [6.07, 6.45) is 8.99. The van der Waals surface area contributed by atoms with Crippen molar-refractivity contribution >= 4 is 5.91 Å². The van der Waals surface area contributed by atoms with Gasteiger partial charge in [-0.15, -0.1) is 0 Å². The molecule has 0 spiro atoms. The fourth-order valence-electron chi connectivity index (χ4n) is 3.39. The molecule has 4 heteroatoms. The highest BCUT2D eigenvalue weighted by molar-refractivity contribution is 5.75. The molecule has 0 radical (unpaired) electrons. The zero-order chi connectivity index (χ0) is 16.8. The van der Waals surface area contributed by atoms with Crippen molar-refractivity contribution < 1.29 is 4.79 Å². The number of nitrogens with one attached hydrogen (secondary N) is 2. The molecule has 128 valence electrons.